The van der Waals surface area contributed by atoms with E-state index in [4.69, 9.17) is 16.7 Å². The highest BCUT2D eigenvalue weighted by Gasteiger charge is 2.14. The van der Waals surface area contributed by atoms with Gasteiger partial charge in [0.25, 0.3) is 0 Å². The minimum Gasteiger partial charge on any atom is -0.312 e. The molecule has 1 N–H and O–H groups in total. The van der Waals surface area contributed by atoms with Crippen molar-refractivity contribution in [3.63, 3.8) is 0 Å². The fourth-order valence-electron chi connectivity index (χ4n) is 2.93. The van der Waals surface area contributed by atoms with Gasteiger partial charge < -0.3 is 5.32 Å². The molecule has 4 rings (SSSR count). The van der Waals surface area contributed by atoms with E-state index in [1.807, 2.05) is 37.5 Å². The molecule has 0 fully saturated rings. The Morgan fingerprint density at radius 1 is 1.13 bits per heavy atom. The predicted octanol–water partition coefficient (Wildman–Crippen LogP) is 3.74. The number of aryl methyl sites for hydroxylation is 1. The zero-order chi connectivity index (χ0) is 20.9. The molecule has 154 valence electrons. The Kier molecular flexibility index (Phi) is 6.41. The summed E-state index contributed by atoms with van der Waals surface area (Å²) in [4.78, 5) is 0. The second-order valence-corrected chi connectivity index (χ2v) is 7.98. The third-order valence-electron chi connectivity index (χ3n) is 4.42. The fourth-order valence-corrected chi connectivity index (χ4v) is 3.90. The Hall–Kier alpha value is -2.75. The summed E-state index contributed by atoms with van der Waals surface area (Å²) in [6.45, 7) is 1.38. The smallest absolute Gasteiger partial charge is 0.209 e. The van der Waals surface area contributed by atoms with Gasteiger partial charge in [-0.1, -0.05) is 41.6 Å². The van der Waals surface area contributed by atoms with E-state index in [2.05, 4.69) is 20.8 Å². The summed E-state index contributed by atoms with van der Waals surface area (Å²) in [6, 6.07) is 13.8. The molecular weight excluding hydrogens is 425 g/mol. The molecule has 2 aromatic heterocycles. The number of thioether (sulfide) groups is 1. The van der Waals surface area contributed by atoms with Crippen LogP contribution < -0.4 is 5.32 Å². The molecule has 2 aromatic carbocycles. The van der Waals surface area contributed by atoms with Crippen LogP contribution in [0.1, 0.15) is 5.56 Å². The molecule has 0 atom stereocenters. The van der Waals surface area contributed by atoms with Gasteiger partial charge in [-0.25, -0.2) is 13.8 Å². The number of tetrazole rings is 1. The fraction of sp³-hybridized carbons (Fsp3) is 0.200. The number of nitrogens with one attached hydrogen (secondary N) is 1. The van der Waals surface area contributed by atoms with Crippen molar-refractivity contribution < 1.29 is 4.39 Å². The number of hydrogen-bond donors (Lipinski definition) is 1. The van der Waals surface area contributed by atoms with Crippen LogP contribution in [-0.4, -0.2) is 42.3 Å². The molecule has 0 aliphatic rings. The lowest BCUT2D eigenvalue weighted by Crippen LogP contribution is -2.17. The summed E-state index contributed by atoms with van der Waals surface area (Å²) in [5.74, 6) is 0.539. The maximum Gasteiger partial charge on any atom is 0.209 e. The van der Waals surface area contributed by atoms with E-state index in [0.717, 1.165) is 40.0 Å². The van der Waals surface area contributed by atoms with Gasteiger partial charge in [-0.3, -0.25) is 0 Å². The van der Waals surface area contributed by atoms with E-state index >= 15 is 0 Å². The maximum absolute atomic E-state index is 13.3. The second-order valence-electron chi connectivity index (χ2n) is 6.51. The number of rotatable bonds is 8. The third kappa shape index (κ3) is 4.69. The number of nitrogens with zero attached hydrogens (tertiary/aromatic N) is 6. The normalized spacial score (nSPS) is 11.2. The monoisotopic (exact) mass is 443 g/mol. The van der Waals surface area contributed by atoms with Crippen molar-refractivity contribution in [3.05, 3.63) is 71.1 Å². The first kappa shape index (κ1) is 20.5. The van der Waals surface area contributed by atoms with Gasteiger partial charge in [0.2, 0.25) is 5.16 Å². The summed E-state index contributed by atoms with van der Waals surface area (Å²) >= 11 is 8.00. The van der Waals surface area contributed by atoms with Crippen molar-refractivity contribution in [1.82, 2.24) is 35.3 Å². The first-order valence-corrected chi connectivity index (χ1v) is 10.6. The predicted molar refractivity (Wildman–Crippen MR) is 115 cm³/mol. The molecule has 0 spiro atoms. The maximum atomic E-state index is 13.3. The lowest BCUT2D eigenvalue weighted by Gasteiger charge is -2.06. The summed E-state index contributed by atoms with van der Waals surface area (Å²) < 4.78 is 16.7. The second kappa shape index (κ2) is 9.38. The molecule has 0 aliphatic heterocycles. The van der Waals surface area contributed by atoms with E-state index in [1.54, 1.807) is 33.3 Å². The Labute approximate surface area is 182 Å². The molecule has 0 saturated heterocycles. The van der Waals surface area contributed by atoms with Gasteiger partial charge in [0.1, 0.15) is 5.82 Å². The number of hydrogen-bond acceptors (Lipinski definition) is 6. The van der Waals surface area contributed by atoms with E-state index in [-0.39, 0.29) is 5.82 Å². The van der Waals surface area contributed by atoms with Gasteiger partial charge in [0.15, 0.2) is 0 Å². The van der Waals surface area contributed by atoms with Gasteiger partial charge in [0.05, 0.1) is 16.4 Å². The highest BCUT2D eigenvalue weighted by molar-refractivity contribution is 7.99. The number of benzene rings is 2. The summed E-state index contributed by atoms with van der Waals surface area (Å²) in [5.41, 5.74) is 3.43. The molecule has 7 nitrogen and oxygen atoms in total. The largest absolute Gasteiger partial charge is 0.312 e. The van der Waals surface area contributed by atoms with Crippen molar-refractivity contribution >= 4 is 23.4 Å². The standard InChI is InChI=1S/C20H19ClFN7S/c1-28-20(24-26-27-28)30-11-10-23-12-14-13-29(16-8-6-15(22)7-9-16)25-19(14)17-4-2-3-5-18(17)21/h2-9,13,23H,10-12H2,1H3. The van der Waals surface area contributed by atoms with E-state index in [0.29, 0.717) is 11.6 Å². The van der Waals surface area contributed by atoms with Crippen LogP contribution in [0.4, 0.5) is 4.39 Å². The molecular formula is C20H19ClFN7S. The minimum absolute atomic E-state index is 0.283. The third-order valence-corrected chi connectivity index (χ3v) is 5.76. The average molecular weight is 444 g/mol. The topological polar surface area (TPSA) is 73.5 Å². The van der Waals surface area contributed by atoms with E-state index < -0.39 is 0 Å². The SMILES string of the molecule is Cn1nnnc1SCCNCc1cn(-c2ccc(F)cc2)nc1-c1ccccc1Cl. The Morgan fingerprint density at radius 2 is 1.93 bits per heavy atom. The minimum atomic E-state index is -0.283. The molecule has 4 aromatic rings. The summed E-state index contributed by atoms with van der Waals surface area (Å²) in [6.07, 6.45) is 1.94. The van der Waals surface area contributed by atoms with E-state index in [9.17, 15) is 4.39 Å². The van der Waals surface area contributed by atoms with Gasteiger partial charge in [0, 0.05) is 43.2 Å². The molecule has 10 heteroatoms. The highest BCUT2D eigenvalue weighted by Crippen LogP contribution is 2.30. The zero-order valence-corrected chi connectivity index (χ0v) is 17.7. The first-order chi connectivity index (χ1) is 14.6. The van der Waals surface area contributed by atoms with Crippen LogP contribution in [0, 0.1) is 5.82 Å². The van der Waals surface area contributed by atoms with Gasteiger partial charge in [-0.05, 0) is 40.8 Å². The quantitative estimate of drug-likeness (QED) is 0.330. The van der Waals surface area contributed by atoms with Crippen LogP contribution in [0.2, 0.25) is 5.02 Å². The molecule has 0 bridgehead atoms. The summed E-state index contributed by atoms with van der Waals surface area (Å²) in [5, 5.41) is 21.0. The molecule has 0 saturated carbocycles. The van der Waals surface area contributed by atoms with Crippen molar-refractivity contribution in [3.8, 4) is 16.9 Å². The van der Waals surface area contributed by atoms with Crippen molar-refractivity contribution in [2.45, 2.75) is 11.7 Å². The number of halogens is 2. The lowest BCUT2D eigenvalue weighted by atomic mass is 10.1. The van der Waals surface area contributed by atoms with Crippen LogP contribution in [0.25, 0.3) is 16.9 Å². The van der Waals surface area contributed by atoms with E-state index in [1.165, 1.54) is 12.1 Å². The van der Waals surface area contributed by atoms with Crippen LogP contribution in [0.3, 0.4) is 0 Å². The van der Waals surface area contributed by atoms with Gasteiger partial charge in [-0.2, -0.15) is 5.10 Å². The zero-order valence-electron chi connectivity index (χ0n) is 16.2. The van der Waals surface area contributed by atoms with Gasteiger partial charge in [-0.15, -0.1) is 5.10 Å². The van der Waals surface area contributed by atoms with Crippen LogP contribution in [0.5, 0.6) is 0 Å². The lowest BCUT2D eigenvalue weighted by molar-refractivity contribution is 0.627. The summed E-state index contributed by atoms with van der Waals surface area (Å²) in [7, 11) is 1.81. The average Bonchev–Trinajstić information content (AvgIpc) is 3.35. The highest BCUT2D eigenvalue weighted by atomic mass is 35.5. The van der Waals surface area contributed by atoms with Crippen molar-refractivity contribution in [1.29, 1.82) is 0 Å². The molecule has 0 radical (unpaired) electrons. The number of aromatic nitrogens is 6. The Morgan fingerprint density at radius 3 is 2.67 bits per heavy atom. The van der Waals surface area contributed by atoms with Crippen molar-refractivity contribution in [2.24, 2.45) is 7.05 Å². The molecule has 2 heterocycles. The van der Waals surface area contributed by atoms with Gasteiger partial charge >= 0.3 is 0 Å². The van der Waals surface area contributed by atoms with Crippen LogP contribution in [0.15, 0.2) is 59.9 Å². The van der Waals surface area contributed by atoms with Crippen LogP contribution in [-0.2, 0) is 13.6 Å². The molecule has 0 amide bonds. The molecule has 0 unspecified atom stereocenters. The first-order valence-electron chi connectivity index (χ1n) is 9.27. The Bertz CT molecular complexity index is 1130. The van der Waals surface area contributed by atoms with Crippen molar-refractivity contribution in [2.75, 3.05) is 12.3 Å². The molecule has 30 heavy (non-hydrogen) atoms. The Balaban J connectivity index is 1.51. The van der Waals surface area contributed by atoms with Crippen LogP contribution >= 0.6 is 23.4 Å². The molecule has 0 aliphatic carbocycles.